The lowest BCUT2D eigenvalue weighted by Crippen LogP contribution is -2.46. The number of benzene rings is 1. The Morgan fingerprint density at radius 3 is 2.24 bits per heavy atom. The lowest BCUT2D eigenvalue weighted by atomic mass is 10.1. The van der Waals surface area contributed by atoms with E-state index in [9.17, 15) is 9.59 Å². The van der Waals surface area contributed by atoms with Gasteiger partial charge in [0.05, 0.1) is 0 Å². The lowest BCUT2D eigenvalue weighted by Gasteiger charge is -2.18. The molecule has 0 aromatic heterocycles. The van der Waals surface area contributed by atoms with Gasteiger partial charge in [-0.2, -0.15) is 0 Å². The van der Waals surface area contributed by atoms with Crippen LogP contribution in [0.25, 0.3) is 0 Å². The van der Waals surface area contributed by atoms with Crippen molar-refractivity contribution in [3.8, 4) is 0 Å². The van der Waals surface area contributed by atoms with Crippen molar-refractivity contribution in [2.45, 2.75) is 19.9 Å². The van der Waals surface area contributed by atoms with E-state index < -0.39 is 18.0 Å². The molecule has 5 nitrogen and oxygen atoms in total. The summed E-state index contributed by atoms with van der Waals surface area (Å²) in [7, 11) is 0. The number of aliphatic carboxylic acids is 1. The van der Waals surface area contributed by atoms with E-state index in [-0.39, 0.29) is 5.92 Å². The van der Waals surface area contributed by atoms with E-state index in [1.807, 2.05) is 6.07 Å². The third-order valence-electron chi connectivity index (χ3n) is 2.25. The maximum atomic E-state index is 11.5. The number of carboxylic acids is 1. The largest absolute Gasteiger partial charge is 0.480 e. The molecule has 2 amide bonds. The fourth-order valence-electron chi connectivity index (χ4n) is 1.34. The molecule has 0 radical (unpaired) electrons. The summed E-state index contributed by atoms with van der Waals surface area (Å²) < 4.78 is 0. The summed E-state index contributed by atoms with van der Waals surface area (Å²) in [6, 6.07) is 7.45. The summed E-state index contributed by atoms with van der Waals surface area (Å²) in [5.41, 5.74) is 0.623. The summed E-state index contributed by atoms with van der Waals surface area (Å²) in [5.74, 6) is -1.21. The SMILES string of the molecule is CC(C)[C@@H](NC(=O)Nc1ccccc1)C(=O)O. The number of amides is 2. The topological polar surface area (TPSA) is 78.4 Å². The highest BCUT2D eigenvalue weighted by atomic mass is 16.4. The molecule has 0 heterocycles. The van der Waals surface area contributed by atoms with Gasteiger partial charge in [-0.3, -0.25) is 0 Å². The van der Waals surface area contributed by atoms with Crippen molar-refractivity contribution in [2.24, 2.45) is 5.92 Å². The van der Waals surface area contributed by atoms with Gasteiger partial charge in [0.25, 0.3) is 0 Å². The number of rotatable bonds is 4. The van der Waals surface area contributed by atoms with Gasteiger partial charge >= 0.3 is 12.0 Å². The summed E-state index contributed by atoms with van der Waals surface area (Å²) in [4.78, 5) is 22.4. The molecule has 0 spiro atoms. The Kier molecular flexibility index (Phi) is 4.51. The van der Waals surface area contributed by atoms with E-state index in [0.29, 0.717) is 5.69 Å². The van der Waals surface area contributed by atoms with Crippen LogP contribution < -0.4 is 10.6 Å². The Labute approximate surface area is 99.8 Å². The van der Waals surface area contributed by atoms with Crippen LogP contribution in [0, 0.1) is 5.92 Å². The van der Waals surface area contributed by atoms with Gasteiger partial charge in [-0.15, -0.1) is 0 Å². The highest BCUT2D eigenvalue weighted by Gasteiger charge is 2.23. The second-order valence-corrected chi connectivity index (χ2v) is 4.02. The van der Waals surface area contributed by atoms with Gasteiger partial charge in [0.2, 0.25) is 0 Å². The van der Waals surface area contributed by atoms with Crippen LogP contribution in [0.2, 0.25) is 0 Å². The smallest absolute Gasteiger partial charge is 0.326 e. The molecule has 0 aliphatic rings. The van der Waals surface area contributed by atoms with E-state index in [1.165, 1.54) is 0 Å². The molecule has 0 aliphatic carbocycles. The maximum Gasteiger partial charge on any atom is 0.326 e. The predicted molar refractivity (Wildman–Crippen MR) is 64.9 cm³/mol. The molecule has 0 saturated heterocycles. The Morgan fingerprint density at radius 1 is 1.18 bits per heavy atom. The second-order valence-electron chi connectivity index (χ2n) is 4.02. The van der Waals surface area contributed by atoms with Gasteiger partial charge in [-0.1, -0.05) is 32.0 Å². The minimum Gasteiger partial charge on any atom is -0.480 e. The highest BCUT2D eigenvalue weighted by Crippen LogP contribution is 2.06. The minimum absolute atomic E-state index is 0.172. The zero-order valence-corrected chi connectivity index (χ0v) is 9.81. The summed E-state index contributed by atoms with van der Waals surface area (Å²) in [6.45, 7) is 3.48. The quantitative estimate of drug-likeness (QED) is 0.747. The zero-order valence-electron chi connectivity index (χ0n) is 9.81. The molecule has 0 fully saturated rings. The van der Waals surface area contributed by atoms with Crippen LogP contribution in [0.4, 0.5) is 10.5 Å². The van der Waals surface area contributed by atoms with Crippen molar-refractivity contribution in [2.75, 3.05) is 5.32 Å². The molecule has 3 N–H and O–H groups in total. The van der Waals surface area contributed by atoms with Gasteiger partial charge in [0, 0.05) is 5.69 Å². The molecule has 1 aromatic carbocycles. The minimum atomic E-state index is -1.04. The standard InChI is InChI=1S/C12H16N2O3/c1-8(2)10(11(15)16)14-12(17)13-9-6-4-3-5-7-9/h3-8,10H,1-2H3,(H,15,16)(H2,13,14,17)/t10-/m1/s1. The fourth-order valence-corrected chi connectivity index (χ4v) is 1.34. The molecule has 5 heteroatoms. The normalized spacial score (nSPS) is 11.9. The van der Waals surface area contributed by atoms with Crippen LogP contribution in [0.5, 0.6) is 0 Å². The molecule has 92 valence electrons. The predicted octanol–water partition coefficient (Wildman–Crippen LogP) is 1.92. The first-order chi connectivity index (χ1) is 8.00. The van der Waals surface area contributed by atoms with Crippen LogP contribution in [-0.2, 0) is 4.79 Å². The first-order valence-corrected chi connectivity index (χ1v) is 5.36. The molecular weight excluding hydrogens is 220 g/mol. The Balaban J connectivity index is 2.57. The third-order valence-corrected chi connectivity index (χ3v) is 2.25. The second kappa shape index (κ2) is 5.89. The first-order valence-electron chi connectivity index (χ1n) is 5.36. The van der Waals surface area contributed by atoms with Crippen molar-refractivity contribution in [3.05, 3.63) is 30.3 Å². The molecule has 0 unspecified atom stereocenters. The molecule has 0 saturated carbocycles. The number of urea groups is 1. The molecule has 1 rings (SSSR count). The first kappa shape index (κ1) is 13.0. The van der Waals surface area contributed by atoms with Crippen molar-refractivity contribution >= 4 is 17.7 Å². The number of hydrogen-bond donors (Lipinski definition) is 3. The monoisotopic (exact) mass is 236 g/mol. The van der Waals surface area contributed by atoms with E-state index in [2.05, 4.69) is 10.6 Å². The van der Waals surface area contributed by atoms with Crippen molar-refractivity contribution in [3.63, 3.8) is 0 Å². The average molecular weight is 236 g/mol. The van der Waals surface area contributed by atoms with Crippen LogP contribution in [0.1, 0.15) is 13.8 Å². The van der Waals surface area contributed by atoms with Crippen LogP contribution >= 0.6 is 0 Å². The van der Waals surface area contributed by atoms with Gasteiger partial charge in [-0.25, -0.2) is 9.59 Å². The number of hydrogen-bond acceptors (Lipinski definition) is 2. The van der Waals surface area contributed by atoms with Gasteiger partial charge in [0.1, 0.15) is 6.04 Å². The highest BCUT2D eigenvalue weighted by molar-refractivity contribution is 5.92. The maximum absolute atomic E-state index is 11.5. The number of nitrogens with one attached hydrogen (secondary N) is 2. The molecule has 0 bridgehead atoms. The van der Waals surface area contributed by atoms with Crippen molar-refractivity contribution in [1.29, 1.82) is 0 Å². The fraction of sp³-hybridized carbons (Fsp3) is 0.333. The third kappa shape index (κ3) is 4.14. The van der Waals surface area contributed by atoms with Crippen molar-refractivity contribution in [1.82, 2.24) is 5.32 Å². The Bertz CT molecular complexity index is 390. The molecule has 17 heavy (non-hydrogen) atoms. The van der Waals surface area contributed by atoms with Gasteiger partial charge in [0.15, 0.2) is 0 Å². The average Bonchev–Trinajstić information content (AvgIpc) is 2.26. The van der Waals surface area contributed by atoms with E-state index in [1.54, 1.807) is 38.1 Å². The van der Waals surface area contributed by atoms with Gasteiger partial charge in [-0.05, 0) is 18.1 Å². The van der Waals surface area contributed by atoms with Crippen LogP contribution in [-0.4, -0.2) is 23.1 Å². The van der Waals surface area contributed by atoms with Crippen LogP contribution in [0.15, 0.2) is 30.3 Å². The molecular formula is C12H16N2O3. The summed E-state index contributed by atoms with van der Waals surface area (Å²) in [5, 5.41) is 13.9. The number of carbonyl (C=O) groups is 2. The lowest BCUT2D eigenvalue weighted by molar-refractivity contribution is -0.140. The Hall–Kier alpha value is -2.04. The van der Waals surface area contributed by atoms with Gasteiger partial charge < -0.3 is 15.7 Å². The molecule has 1 aromatic rings. The molecule has 1 atom stereocenters. The number of anilines is 1. The van der Waals surface area contributed by atoms with E-state index in [0.717, 1.165) is 0 Å². The van der Waals surface area contributed by atoms with E-state index >= 15 is 0 Å². The number of para-hydroxylation sites is 1. The molecule has 0 aliphatic heterocycles. The van der Waals surface area contributed by atoms with Crippen molar-refractivity contribution < 1.29 is 14.7 Å². The summed E-state index contributed by atoms with van der Waals surface area (Å²) in [6.07, 6.45) is 0. The summed E-state index contributed by atoms with van der Waals surface area (Å²) >= 11 is 0. The zero-order chi connectivity index (χ0) is 12.8. The van der Waals surface area contributed by atoms with E-state index in [4.69, 9.17) is 5.11 Å². The number of carbonyl (C=O) groups excluding carboxylic acids is 1. The van der Waals surface area contributed by atoms with Crippen LogP contribution in [0.3, 0.4) is 0 Å². The number of carboxylic acid groups (broad SMARTS) is 1. The Morgan fingerprint density at radius 2 is 1.76 bits per heavy atom.